The summed E-state index contributed by atoms with van der Waals surface area (Å²) in [6, 6.07) is 0. The van der Waals surface area contributed by atoms with Gasteiger partial charge in [-0.05, 0) is 55.2 Å². The summed E-state index contributed by atoms with van der Waals surface area (Å²) in [4.78, 5) is 9.25. The Morgan fingerprint density at radius 2 is 1.89 bits per heavy atom. The van der Waals surface area contributed by atoms with Crippen LogP contribution in [0.25, 0.3) is 0 Å². The van der Waals surface area contributed by atoms with Gasteiger partial charge in [0.2, 0.25) is 0 Å². The molecule has 0 aromatic carbocycles. The predicted octanol–water partition coefficient (Wildman–Crippen LogP) is 4.63. The van der Waals surface area contributed by atoms with Crippen molar-refractivity contribution in [3.05, 3.63) is 20.2 Å². The Bertz CT molecular complexity index is 477. The zero-order valence-corrected chi connectivity index (χ0v) is 13.9. The fourth-order valence-electron chi connectivity index (χ4n) is 3.06. The number of hydrogen-bond donors (Lipinski definition) is 0. The van der Waals surface area contributed by atoms with E-state index in [2.05, 4.69) is 34.5 Å². The summed E-state index contributed by atoms with van der Waals surface area (Å²) in [6.07, 6.45) is 7.48. The molecule has 104 valence electrons. The van der Waals surface area contributed by atoms with Crippen LogP contribution in [0, 0.1) is 3.57 Å². The van der Waals surface area contributed by atoms with E-state index in [4.69, 9.17) is 21.3 Å². The van der Waals surface area contributed by atoms with Crippen LogP contribution in [0.15, 0.2) is 0 Å². The minimum absolute atomic E-state index is 0.0321. The van der Waals surface area contributed by atoms with Crippen LogP contribution < -0.4 is 0 Å². The van der Waals surface area contributed by atoms with Gasteiger partial charge in [0.05, 0.1) is 15.4 Å². The Kier molecular flexibility index (Phi) is 4.29. The van der Waals surface area contributed by atoms with Crippen LogP contribution in [0.1, 0.15) is 69.0 Å². The smallest absolute Gasteiger partial charge is 0.159 e. The number of hydrogen-bond acceptors (Lipinski definition) is 3. The Morgan fingerprint density at radius 3 is 2.53 bits per heavy atom. The van der Waals surface area contributed by atoms with E-state index in [0.29, 0.717) is 17.2 Å². The first-order valence-electron chi connectivity index (χ1n) is 7.03. The van der Waals surface area contributed by atoms with E-state index < -0.39 is 0 Å². The highest BCUT2D eigenvalue weighted by atomic mass is 127. The molecule has 2 heterocycles. The first-order valence-corrected chi connectivity index (χ1v) is 8.49. The largest absolute Gasteiger partial charge is 0.367 e. The van der Waals surface area contributed by atoms with Gasteiger partial charge in [-0.15, -0.1) is 0 Å². The van der Waals surface area contributed by atoms with Crippen molar-refractivity contribution >= 4 is 34.2 Å². The molecule has 1 aliphatic heterocycles. The predicted molar refractivity (Wildman–Crippen MR) is 83.5 cm³/mol. The van der Waals surface area contributed by atoms with Gasteiger partial charge in [0, 0.05) is 5.92 Å². The zero-order valence-electron chi connectivity index (χ0n) is 11.0. The summed E-state index contributed by atoms with van der Waals surface area (Å²) in [6.45, 7) is 2.10. The summed E-state index contributed by atoms with van der Waals surface area (Å²) in [5.74, 6) is 1.35. The summed E-state index contributed by atoms with van der Waals surface area (Å²) < 4.78 is 6.90. The quantitative estimate of drug-likeness (QED) is 0.543. The van der Waals surface area contributed by atoms with E-state index in [1.54, 1.807) is 0 Å². The zero-order chi connectivity index (χ0) is 13.4. The molecule has 1 aliphatic carbocycles. The van der Waals surface area contributed by atoms with Gasteiger partial charge < -0.3 is 4.74 Å². The molecular weight excluding hydrogens is 375 g/mol. The molecule has 0 spiro atoms. The van der Waals surface area contributed by atoms with Crippen LogP contribution in [0.2, 0.25) is 5.15 Å². The molecule has 1 saturated heterocycles. The lowest BCUT2D eigenvalue weighted by atomic mass is 10.0. The van der Waals surface area contributed by atoms with Crippen LogP contribution in [-0.2, 0) is 4.74 Å². The van der Waals surface area contributed by atoms with Crippen LogP contribution in [0.3, 0.4) is 0 Å². The normalized spacial score (nSPS) is 28.2. The van der Waals surface area contributed by atoms with E-state index >= 15 is 0 Å². The Morgan fingerprint density at radius 1 is 1.16 bits per heavy atom. The summed E-state index contributed by atoms with van der Waals surface area (Å²) in [5.41, 5.74) is 1.15. The summed E-state index contributed by atoms with van der Waals surface area (Å²) >= 11 is 8.58. The van der Waals surface area contributed by atoms with Gasteiger partial charge in [0.25, 0.3) is 0 Å². The Labute approximate surface area is 132 Å². The van der Waals surface area contributed by atoms with Gasteiger partial charge in [-0.2, -0.15) is 0 Å². The SMILES string of the molecule is CC1CCC(c2nc(Cl)c(I)c(C3CCCC3)n2)O1. The van der Waals surface area contributed by atoms with Crippen LogP contribution in [0.5, 0.6) is 0 Å². The first kappa shape index (κ1) is 14.0. The second-order valence-corrected chi connectivity index (χ2v) is 7.00. The highest BCUT2D eigenvalue weighted by Gasteiger charge is 2.29. The minimum Gasteiger partial charge on any atom is -0.367 e. The maximum absolute atomic E-state index is 6.30. The molecule has 5 heteroatoms. The second kappa shape index (κ2) is 5.82. The van der Waals surface area contributed by atoms with E-state index in [0.717, 1.165) is 27.9 Å². The monoisotopic (exact) mass is 392 g/mol. The number of rotatable bonds is 2. The second-order valence-electron chi connectivity index (χ2n) is 5.57. The van der Waals surface area contributed by atoms with E-state index in [1.165, 1.54) is 25.7 Å². The third kappa shape index (κ3) is 2.90. The van der Waals surface area contributed by atoms with Gasteiger partial charge in [-0.3, -0.25) is 0 Å². The number of aromatic nitrogens is 2. The molecular formula is C14H18ClIN2O. The summed E-state index contributed by atoms with van der Waals surface area (Å²) in [5, 5.41) is 0.593. The molecule has 0 N–H and O–H groups in total. The molecule has 2 unspecified atom stereocenters. The highest BCUT2D eigenvalue weighted by molar-refractivity contribution is 14.1. The fraction of sp³-hybridized carbons (Fsp3) is 0.714. The van der Waals surface area contributed by atoms with Crippen molar-refractivity contribution in [1.29, 1.82) is 0 Å². The number of nitrogens with zero attached hydrogens (tertiary/aromatic N) is 2. The third-order valence-electron chi connectivity index (χ3n) is 4.12. The lowest BCUT2D eigenvalue weighted by Gasteiger charge is -2.16. The highest BCUT2D eigenvalue weighted by Crippen LogP contribution is 2.38. The minimum atomic E-state index is 0.0321. The lowest BCUT2D eigenvalue weighted by molar-refractivity contribution is 0.0501. The van der Waals surface area contributed by atoms with Gasteiger partial charge >= 0.3 is 0 Å². The van der Waals surface area contributed by atoms with E-state index in [-0.39, 0.29) is 6.10 Å². The first-order chi connectivity index (χ1) is 9.15. The summed E-state index contributed by atoms with van der Waals surface area (Å²) in [7, 11) is 0. The molecule has 2 aliphatic rings. The molecule has 3 nitrogen and oxygen atoms in total. The molecule has 0 radical (unpaired) electrons. The molecule has 1 aromatic heterocycles. The van der Waals surface area contributed by atoms with Gasteiger partial charge in [0.1, 0.15) is 11.3 Å². The topological polar surface area (TPSA) is 35.0 Å². The van der Waals surface area contributed by atoms with Crippen LogP contribution >= 0.6 is 34.2 Å². The Hall–Kier alpha value is 0.0600. The average molecular weight is 393 g/mol. The third-order valence-corrected chi connectivity index (χ3v) is 5.77. The molecule has 19 heavy (non-hydrogen) atoms. The van der Waals surface area contributed by atoms with Crippen molar-refractivity contribution in [2.45, 2.75) is 63.6 Å². The molecule has 0 amide bonds. The number of halogens is 2. The van der Waals surface area contributed by atoms with Crippen LogP contribution in [0.4, 0.5) is 0 Å². The van der Waals surface area contributed by atoms with E-state index in [9.17, 15) is 0 Å². The van der Waals surface area contributed by atoms with Crippen molar-refractivity contribution in [3.8, 4) is 0 Å². The standard InChI is InChI=1S/C14H18ClIN2O/c1-8-6-7-10(19-8)14-17-12(9-4-2-3-5-9)11(16)13(15)18-14/h8-10H,2-7H2,1H3. The van der Waals surface area contributed by atoms with Crippen molar-refractivity contribution < 1.29 is 4.74 Å². The fourth-order valence-corrected chi connectivity index (χ4v) is 3.92. The van der Waals surface area contributed by atoms with E-state index in [1.807, 2.05) is 0 Å². The van der Waals surface area contributed by atoms with Crippen molar-refractivity contribution in [2.24, 2.45) is 0 Å². The molecule has 1 saturated carbocycles. The van der Waals surface area contributed by atoms with Gasteiger partial charge in [-0.1, -0.05) is 24.4 Å². The molecule has 2 atom stereocenters. The van der Waals surface area contributed by atoms with Crippen LogP contribution in [-0.4, -0.2) is 16.1 Å². The molecule has 0 bridgehead atoms. The molecule has 2 fully saturated rings. The van der Waals surface area contributed by atoms with Crippen molar-refractivity contribution in [3.63, 3.8) is 0 Å². The van der Waals surface area contributed by atoms with Crippen molar-refractivity contribution in [1.82, 2.24) is 9.97 Å². The van der Waals surface area contributed by atoms with Crippen molar-refractivity contribution in [2.75, 3.05) is 0 Å². The van der Waals surface area contributed by atoms with Gasteiger partial charge in [-0.25, -0.2) is 9.97 Å². The average Bonchev–Trinajstić information content (AvgIpc) is 3.03. The molecule has 3 rings (SSSR count). The number of ether oxygens (including phenoxy) is 1. The Balaban J connectivity index is 1.93. The molecule has 1 aromatic rings. The maximum Gasteiger partial charge on any atom is 0.159 e. The lowest BCUT2D eigenvalue weighted by Crippen LogP contribution is -2.11. The maximum atomic E-state index is 6.30. The van der Waals surface area contributed by atoms with Gasteiger partial charge in [0.15, 0.2) is 5.82 Å².